The summed E-state index contributed by atoms with van der Waals surface area (Å²) in [5, 5.41) is 21.6. The Bertz CT molecular complexity index is 828. The highest BCUT2D eigenvalue weighted by atomic mass is 32.1. The molecule has 1 aromatic carbocycles. The van der Waals surface area contributed by atoms with Crippen molar-refractivity contribution in [1.82, 2.24) is 4.98 Å². The second kappa shape index (κ2) is 7.53. The lowest BCUT2D eigenvalue weighted by Crippen LogP contribution is -2.33. The van der Waals surface area contributed by atoms with Gasteiger partial charge in [0.15, 0.2) is 17.3 Å². The molecule has 0 spiro atoms. The van der Waals surface area contributed by atoms with Crippen molar-refractivity contribution in [1.29, 1.82) is 0 Å². The molecule has 6 nitrogen and oxygen atoms in total. The minimum absolute atomic E-state index is 0.0309. The fourth-order valence-corrected chi connectivity index (χ4v) is 4.89. The number of nitrogens with zero attached hydrogens (tertiary/aromatic N) is 1. The fourth-order valence-electron chi connectivity index (χ4n) is 4.03. The van der Waals surface area contributed by atoms with Crippen LogP contribution in [0.4, 0.5) is 4.39 Å². The van der Waals surface area contributed by atoms with Crippen molar-refractivity contribution < 1.29 is 28.9 Å². The summed E-state index contributed by atoms with van der Waals surface area (Å²) in [5.74, 6) is -1.28. The number of rotatable bonds is 5. The standard InChI is InChI=1S/C19H20FNO5S/c20-12-3-1-2-4-15(12)25-8-11-10-5-6-16(26-17(10)7-14(11)22)18-21-13(9-27-18)19(23)24/h1-4,9-11,14,16-17,22H,5-8H2,(H,23,24)/t10-,11-,14-,16-,17+/m1/s1. The quantitative estimate of drug-likeness (QED) is 0.811. The van der Waals surface area contributed by atoms with Gasteiger partial charge in [0.1, 0.15) is 11.1 Å². The number of carbonyl (C=O) groups is 1. The summed E-state index contributed by atoms with van der Waals surface area (Å²) < 4.78 is 25.5. The second-order valence-electron chi connectivity index (χ2n) is 6.99. The average molecular weight is 393 g/mol. The number of carboxylic acids is 1. The zero-order valence-electron chi connectivity index (χ0n) is 14.5. The van der Waals surface area contributed by atoms with Gasteiger partial charge in [0.25, 0.3) is 0 Å². The van der Waals surface area contributed by atoms with Crippen molar-refractivity contribution in [2.24, 2.45) is 11.8 Å². The molecule has 4 rings (SSSR count). The number of aliphatic hydroxyl groups is 1. The van der Waals surface area contributed by atoms with E-state index in [2.05, 4.69) is 4.98 Å². The summed E-state index contributed by atoms with van der Waals surface area (Å²) in [6.07, 6.45) is 1.06. The average Bonchev–Trinajstić information content (AvgIpc) is 3.25. The van der Waals surface area contributed by atoms with Crippen LogP contribution in [0.1, 0.15) is 40.9 Å². The highest BCUT2D eigenvalue weighted by Crippen LogP contribution is 2.46. The van der Waals surface area contributed by atoms with Crippen LogP contribution in [0, 0.1) is 17.7 Å². The third-order valence-corrected chi connectivity index (χ3v) is 6.32. The number of hydrogen-bond donors (Lipinski definition) is 2. The van der Waals surface area contributed by atoms with Gasteiger partial charge in [-0.1, -0.05) is 12.1 Å². The third-order valence-electron chi connectivity index (χ3n) is 5.38. The van der Waals surface area contributed by atoms with Gasteiger partial charge in [-0.15, -0.1) is 11.3 Å². The molecule has 0 unspecified atom stereocenters. The predicted molar refractivity (Wildman–Crippen MR) is 95.4 cm³/mol. The number of hydrogen-bond acceptors (Lipinski definition) is 6. The first-order valence-electron chi connectivity index (χ1n) is 8.92. The maximum Gasteiger partial charge on any atom is 0.355 e. The van der Waals surface area contributed by atoms with Gasteiger partial charge in [0.2, 0.25) is 0 Å². The van der Waals surface area contributed by atoms with Gasteiger partial charge in [-0.3, -0.25) is 0 Å². The van der Waals surface area contributed by atoms with Crippen LogP contribution < -0.4 is 4.74 Å². The van der Waals surface area contributed by atoms with Gasteiger partial charge in [0.05, 0.1) is 18.8 Å². The molecule has 2 aromatic rings. The van der Waals surface area contributed by atoms with Crippen LogP contribution in [0.2, 0.25) is 0 Å². The molecule has 5 atom stereocenters. The molecule has 1 aliphatic carbocycles. The van der Waals surface area contributed by atoms with Gasteiger partial charge in [-0.05, 0) is 30.9 Å². The number of thiazole rings is 1. The van der Waals surface area contributed by atoms with E-state index in [0.29, 0.717) is 17.8 Å². The number of aliphatic hydroxyl groups excluding tert-OH is 1. The maximum absolute atomic E-state index is 13.7. The first-order valence-corrected chi connectivity index (χ1v) is 9.80. The largest absolute Gasteiger partial charge is 0.490 e. The molecule has 0 amide bonds. The Morgan fingerprint density at radius 1 is 1.37 bits per heavy atom. The van der Waals surface area contributed by atoms with Crippen LogP contribution in [-0.4, -0.2) is 40.0 Å². The molecule has 1 saturated heterocycles. The first kappa shape index (κ1) is 18.3. The molecule has 144 valence electrons. The third kappa shape index (κ3) is 3.69. The van der Waals surface area contributed by atoms with Crippen LogP contribution in [0.15, 0.2) is 29.6 Å². The van der Waals surface area contributed by atoms with Crippen molar-refractivity contribution in [3.63, 3.8) is 0 Å². The van der Waals surface area contributed by atoms with E-state index in [9.17, 15) is 14.3 Å². The monoisotopic (exact) mass is 393 g/mol. The molecular formula is C19H20FNO5S. The minimum Gasteiger partial charge on any atom is -0.490 e. The Labute approximate surface area is 159 Å². The fraction of sp³-hybridized carbons (Fsp3) is 0.474. The smallest absolute Gasteiger partial charge is 0.355 e. The van der Waals surface area contributed by atoms with E-state index in [0.717, 1.165) is 6.42 Å². The molecule has 8 heteroatoms. The summed E-state index contributed by atoms with van der Waals surface area (Å²) in [6, 6.07) is 6.23. The number of ether oxygens (including phenoxy) is 2. The number of fused-ring (bicyclic) bond motifs is 1. The van der Waals surface area contributed by atoms with Gasteiger partial charge in [-0.2, -0.15) is 0 Å². The normalized spacial score (nSPS) is 30.1. The summed E-state index contributed by atoms with van der Waals surface area (Å²) in [4.78, 5) is 15.1. The van der Waals surface area contributed by atoms with Crippen LogP contribution in [0.25, 0.3) is 0 Å². The summed E-state index contributed by atoms with van der Waals surface area (Å²) in [5.41, 5.74) is 0.0309. The van der Waals surface area contributed by atoms with Gasteiger partial charge in [0, 0.05) is 17.7 Å². The maximum atomic E-state index is 13.7. The molecular weight excluding hydrogens is 373 g/mol. The summed E-state index contributed by atoms with van der Waals surface area (Å²) in [6.45, 7) is 0.234. The number of aromatic nitrogens is 1. The van der Waals surface area contributed by atoms with Crippen LogP contribution >= 0.6 is 11.3 Å². The first-order chi connectivity index (χ1) is 13.0. The Kier molecular flexibility index (Phi) is 5.12. The van der Waals surface area contributed by atoms with Gasteiger partial charge in [-0.25, -0.2) is 14.2 Å². The molecule has 1 aliphatic heterocycles. The van der Waals surface area contributed by atoms with E-state index in [1.807, 2.05) is 0 Å². The van der Waals surface area contributed by atoms with Crippen molar-refractivity contribution in [2.75, 3.05) is 6.61 Å². The number of para-hydroxylation sites is 1. The highest BCUT2D eigenvalue weighted by Gasteiger charge is 2.47. The zero-order chi connectivity index (χ0) is 19.0. The van der Waals surface area contributed by atoms with E-state index in [4.69, 9.17) is 14.6 Å². The number of aromatic carboxylic acids is 1. The Balaban J connectivity index is 1.40. The molecule has 27 heavy (non-hydrogen) atoms. The predicted octanol–water partition coefficient (Wildman–Crippen LogP) is 3.28. The van der Waals surface area contributed by atoms with Crippen LogP contribution in [0.3, 0.4) is 0 Å². The van der Waals surface area contributed by atoms with Crippen molar-refractivity contribution in [3.05, 3.63) is 46.2 Å². The lowest BCUT2D eigenvalue weighted by Gasteiger charge is -2.33. The Morgan fingerprint density at radius 2 is 2.19 bits per heavy atom. The molecule has 1 saturated carbocycles. The van der Waals surface area contributed by atoms with E-state index >= 15 is 0 Å². The lowest BCUT2D eigenvalue weighted by atomic mass is 9.87. The molecule has 2 N–H and O–H groups in total. The molecule has 0 radical (unpaired) electrons. The molecule has 2 heterocycles. The molecule has 2 fully saturated rings. The van der Waals surface area contributed by atoms with Crippen molar-refractivity contribution in [3.8, 4) is 5.75 Å². The molecule has 1 aromatic heterocycles. The van der Waals surface area contributed by atoms with Crippen molar-refractivity contribution in [2.45, 2.75) is 37.6 Å². The lowest BCUT2D eigenvalue weighted by molar-refractivity contribution is -0.0812. The zero-order valence-corrected chi connectivity index (χ0v) is 15.3. The topological polar surface area (TPSA) is 88.9 Å². The molecule has 0 bridgehead atoms. The van der Waals surface area contributed by atoms with E-state index < -0.39 is 17.9 Å². The Hall–Kier alpha value is -2.03. The molecule has 2 aliphatic rings. The number of halogens is 1. The number of benzene rings is 1. The Morgan fingerprint density at radius 3 is 2.93 bits per heavy atom. The van der Waals surface area contributed by atoms with E-state index in [1.54, 1.807) is 18.2 Å². The van der Waals surface area contributed by atoms with E-state index in [1.165, 1.54) is 22.8 Å². The van der Waals surface area contributed by atoms with Gasteiger partial charge < -0.3 is 19.7 Å². The van der Waals surface area contributed by atoms with E-state index in [-0.39, 0.29) is 42.1 Å². The van der Waals surface area contributed by atoms with Crippen molar-refractivity contribution >= 4 is 17.3 Å². The SMILES string of the molecule is O=C(O)c1csc([C@H]2CC[C@@H]3[C@@H](COc4ccccc4F)[C@H](O)C[C@@H]3O2)n1. The highest BCUT2D eigenvalue weighted by molar-refractivity contribution is 7.09. The van der Waals surface area contributed by atoms with Crippen LogP contribution in [-0.2, 0) is 4.74 Å². The minimum atomic E-state index is -1.05. The summed E-state index contributed by atoms with van der Waals surface area (Å²) in [7, 11) is 0. The van der Waals surface area contributed by atoms with Gasteiger partial charge >= 0.3 is 5.97 Å². The van der Waals surface area contributed by atoms with Crippen LogP contribution in [0.5, 0.6) is 5.75 Å². The second-order valence-corrected chi connectivity index (χ2v) is 7.88. The summed E-state index contributed by atoms with van der Waals surface area (Å²) >= 11 is 1.28. The number of carboxylic acid groups (broad SMARTS) is 1.